The molecule has 0 radical (unpaired) electrons. The number of nitrogens with zero attached hydrogens (tertiary/aromatic N) is 2. The lowest BCUT2D eigenvalue weighted by Gasteiger charge is -2.25. The van der Waals surface area contributed by atoms with Crippen LogP contribution in [-0.2, 0) is 9.53 Å². The van der Waals surface area contributed by atoms with Crippen LogP contribution in [0.1, 0.15) is 50.5 Å². The van der Waals surface area contributed by atoms with Crippen LogP contribution in [0.4, 0.5) is 9.93 Å². The minimum Gasteiger partial charge on any atom is -0.481 e. The van der Waals surface area contributed by atoms with Gasteiger partial charge in [0.2, 0.25) is 5.13 Å². The van der Waals surface area contributed by atoms with Gasteiger partial charge in [0, 0.05) is 31.1 Å². The first-order valence-corrected chi connectivity index (χ1v) is 8.39. The number of nitrogens with one attached hydrogen (secondary N) is 2. The fourth-order valence-corrected chi connectivity index (χ4v) is 3.22. The fraction of sp³-hybridized carbons (Fsp3) is 0.714. The Hall–Kier alpha value is -1.74. The summed E-state index contributed by atoms with van der Waals surface area (Å²) >= 11 is 1.37. The molecule has 0 aromatic carbocycles. The highest BCUT2D eigenvalue weighted by Gasteiger charge is 2.23. The topological polar surface area (TPSA) is 113 Å². The Balaban J connectivity index is 1.85. The summed E-state index contributed by atoms with van der Waals surface area (Å²) in [6, 6.07) is -0.407. The molecular weight excluding hydrogens is 320 g/mol. The number of carbonyl (C=O) groups is 2. The predicted octanol–water partition coefficient (Wildman–Crippen LogP) is 2.20. The first-order valence-electron chi connectivity index (χ1n) is 7.58. The van der Waals surface area contributed by atoms with Gasteiger partial charge >= 0.3 is 12.0 Å². The molecule has 2 amide bonds. The largest absolute Gasteiger partial charge is 0.481 e. The van der Waals surface area contributed by atoms with Crippen LogP contribution in [0.5, 0.6) is 0 Å². The Bertz CT molecular complexity index is 555. The molecule has 0 bridgehead atoms. The molecule has 2 heterocycles. The second-order valence-electron chi connectivity index (χ2n) is 6.19. The van der Waals surface area contributed by atoms with E-state index in [1.165, 1.54) is 11.3 Å². The summed E-state index contributed by atoms with van der Waals surface area (Å²) in [6.07, 6.45) is 2.19. The number of carboxylic acid groups (broad SMARTS) is 1. The van der Waals surface area contributed by atoms with Gasteiger partial charge in [0.15, 0.2) is 0 Å². The van der Waals surface area contributed by atoms with E-state index in [1.54, 1.807) is 13.8 Å². The lowest BCUT2D eigenvalue weighted by molar-refractivity contribution is -0.137. The number of anilines is 1. The minimum atomic E-state index is -0.884. The first-order chi connectivity index (χ1) is 10.9. The summed E-state index contributed by atoms with van der Waals surface area (Å²) in [5.74, 6) is -0.544. The lowest BCUT2D eigenvalue weighted by Crippen LogP contribution is -2.45. The number of rotatable bonds is 6. The molecule has 0 unspecified atom stereocenters. The molecule has 1 fully saturated rings. The minimum absolute atomic E-state index is 0.0000132. The van der Waals surface area contributed by atoms with Crippen LogP contribution in [-0.4, -0.2) is 46.1 Å². The van der Waals surface area contributed by atoms with Gasteiger partial charge in [0.1, 0.15) is 5.01 Å². The zero-order chi connectivity index (χ0) is 16.9. The molecule has 1 aliphatic heterocycles. The smallest absolute Gasteiger partial charge is 0.321 e. The Morgan fingerprint density at radius 2 is 2.04 bits per heavy atom. The van der Waals surface area contributed by atoms with E-state index in [4.69, 9.17) is 9.84 Å². The molecule has 2 rings (SSSR count). The molecule has 9 heteroatoms. The first kappa shape index (κ1) is 17.6. The maximum absolute atomic E-state index is 12.0. The summed E-state index contributed by atoms with van der Waals surface area (Å²) in [7, 11) is 0. The number of amides is 2. The Kier molecular flexibility index (Phi) is 5.89. The number of carboxylic acids is 1. The van der Waals surface area contributed by atoms with E-state index in [2.05, 4.69) is 20.8 Å². The molecular formula is C14H22N4O4S. The van der Waals surface area contributed by atoms with E-state index in [-0.39, 0.29) is 6.42 Å². The number of ether oxygens (including phenoxy) is 1. The van der Waals surface area contributed by atoms with E-state index in [9.17, 15) is 9.59 Å². The summed E-state index contributed by atoms with van der Waals surface area (Å²) in [4.78, 5) is 22.6. The summed E-state index contributed by atoms with van der Waals surface area (Å²) < 4.78 is 5.32. The van der Waals surface area contributed by atoms with E-state index in [0.29, 0.717) is 17.5 Å². The maximum Gasteiger partial charge on any atom is 0.321 e. The van der Waals surface area contributed by atoms with Crippen molar-refractivity contribution in [2.75, 3.05) is 18.5 Å². The third-order valence-electron chi connectivity index (χ3n) is 3.65. The molecule has 0 saturated carbocycles. The van der Waals surface area contributed by atoms with Gasteiger partial charge < -0.3 is 15.2 Å². The van der Waals surface area contributed by atoms with E-state index >= 15 is 0 Å². The molecule has 0 atom stereocenters. The molecule has 0 spiro atoms. The standard InChI is InChI=1S/C14H22N4O4S/c1-14(2,6-3-10(19)20)16-12(21)15-13-18-17-11(23-13)9-4-7-22-8-5-9/h9H,3-8H2,1-2H3,(H,19,20)(H2,15,16,18,21). The van der Waals surface area contributed by atoms with Crippen LogP contribution >= 0.6 is 11.3 Å². The SMILES string of the molecule is CC(C)(CCC(=O)O)NC(=O)Nc1nnc(C2CCOCC2)s1. The monoisotopic (exact) mass is 342 g/mol. The van der Waals surface area contributed by atoms with Crippen molar-refractivity contribution in [2.24, 2.45) is 0 Å². The summed E-state index contributed by atoms with van der Waals surface area (Å²) in [6.45, 7) is 5.02. The number of hydrogen-bond donors (Lipinski definition) is 3. The summed E-state index contributed by atoms with van der Waals surface area (Å²) in [5, 5.41) is 23.6. The van der Waals surface area contributed by atoms with Gasteiger partial charge in [0.25, 0.3) is 0 Å². The second-order valence-corrected chi connectivity index (χ2v) is 7.20. The third kappa shape index (κ3) is 5.76. The van der Waals surface area contributed by atoms with Crippen LogP contribution in [0.3, 0.4) is 0 Å². The number of carbonyl (C=O) groups excluding carboxylic acids is 1. The maximum atomic E-state index is 12.0. The molecule has 1 saturated heterocycles. The number of urea groups is 1. The van der Waals surface area contributed by atoms with Gasteiger partial charge in [-0.2, -0.15) is 0 Å². The van der Waals surface area contributed by atoms with Gasteiger partial charge in [-0.15, -0.1) is 10.2 Å². The van der Waals surface area contributed by atoms with Gasteiger partial charge in [-0.25, -0.2) is 4.79 Å². The van der Waals surface area contributed by atoms with E-state index in [1.807, 2.05) is 0 Å². The van der Waals surface area contributed by atoms with Gasteiger partial charge in [0.05, 0.1) is 0 Å². The molecule has 1 aromatic rings. The highest BCUT2D eigenvalue weighted by molar-refractivity contribution is 7.15. The molecule has 23 heavy (non-hydrogen) atoms. The average molecular weight is 342 g/mol. The van der Waals surface area contributed by atoms with E-state index in [0.717, 1.165) is 31.1 Å². The highest BCUT2D eigenvalue weighted by Crippen LogP contribution is 2.30. The number of aliphatic carboxylic acids is 1. The van der Waals surface area contributed by atoms with Crippen LogP contribution in [0.15, 0.2) is 0 Å². The van der Waals surface area contributed by atoms with Crippen LogP contribution in [0, 0.1) is 0 Å². The molecule has 0 aliphatic carbocycles. The molecule has 8 nitrogen and oxygen atoms in total. The summed E-state index contributed by atoms with van der Waals surface area (Å²) in [5.41, 5.74) is -0.614. The van der Waals surface area contributed by atoms with Crippen molar-refractivity contribution < 1.29 is 19.4 Å². The normalized spacial score (nSPS) is 16.1. The molecule has 3 N–H and O–H groups in total. The van der Waals surface area contributed by atoms with Gasteiger partial charge in [-0.05, 0) is 33.1 Å². The zero-order valence-corrected chi connectivity index (χ0v) is 14.1. The van der Waals surface area contributed by atoms with Crippen LogP contribution in [0.25, 0.3) is 0 Å². The van der Waals surface area contributed by atoms with Crippen molar-refractivity contribution in [2.45, 2.75) is 51.0 Å². The van der Waals surface area contributed by atoms with Gasteiger partial charge in [-0.1, -0.05) is 11.3 Å². The second kappa shape index (κ2) is 7.69. The molecule has 128 valence electrons. The van der Waals surface area contributed by atoms with Crippen molar-refractivity contribution in [1.82, 2.24) is 15.5 Å². The highest BCUT2D eigenvalue weighted by atomic mass is 32.1. The molecule has 1 aliphatic rings. The van der Waals surface area contributed by atoms with Crippen LogP contribution in [0.2, 0.25) is 0 Å². The van der Waals surface area contributed by atoms with Crippen molar-refractivity contribution in [1.29, 1.82) is 0 Å². The van der Waals surface area contributed by atoms with E-state index < -0.39 is 17.5 Å². The van der Waals surface area contributed by atoms with Crippen molar-refractivity contribution in [3.8, 4) is 0 Å². The van der Waals surface area contributed by atoms with Crippen LogP contribution < -0.4 is 10.6 Å². The van der Waals surface area contributed by atoms with Crippen molar-refractivity contribution in [3.63, 3.8) is 0 Å². The number of hydrogen-bond acceptors (Lipinski definition) is 6. The Labute approximate surface area is 138 Å². The zero-order valence-electron chi connectivity index (χ0n) is 13.3. The van der Waals surface area contributed by atoms with Gasteiger partial charge in [-0.3, -0.25) is 10.1 Å². The third-order valence-corrected chi connectivity index (χ3v) is 4.65. The predicted molar refractivity (Wildman–Crippen MR) is 85.8 cm³/mol. The lowest BCUT2D eigenvalue weighted by atomic mass is 9.99. The Morgan fingerprint density at radius 1 is 1.35 bits per heavy atom. The quantitative estimate of drug-likeness (QED) is 0.730. The van der Waals surface area contributed by atoms with Crippen molar-refractivity contribution in [3.05, 3.63) is 5.01 Å². The average Bonchev–Trinajstić information content (AvgIpc) is 2.94. The van der Waals surface area contributed by atoms with Crippen molar-refractivity contribution >= 4 is 28.5 Å². The fourth-order valence-electron chi connectivity index (χ4n) is 2.31. The number of aromatic nitrogens is 2. The Morgan fingerprint density at radius 3 is 2.70 bits per heavy atom. The molecule has 1 aromatic heterocycles.